The molecule has 4 heteroatoms. The van der Waals surface area contributed by atoms with Crippen molar-refractivity contribution in [1.82, 2.24) is 0 Å². The Morgan fingerprint density at radius 2 is 1.83 bits per heavy atom. The second kappa shape index (κ2) is 4.26. The van der Waals surface area contributed by atoms with Crippen LogP contribution in [0.2, 0.25) is 10.0 Å². The molecule has 0 saturated carbocycles. The van der Waals surface area contributed by atoms with Gasteiger partial charge < -0.3 is 0 Å². The molecule has 0 radical (unpaired) electrons. The molecule has 0 heterocycles. The fourth-order valence-electron chi connectivity index (χ4n) is 0.831. The van der Waals surface area contributed by atoms with E-state index < -0.39 is 0 Å². The molecule has 1 aromatic rings. The summed E-state index contributed by atoms with van der Waals surface area (Å²) in [7, 11) is 0. The molecule has 0 aliphatic heterocycles. The van der Waals surface area contributed by atoms with Gasteiger partial charge in [-0.2, -0.15) is 0 Å². The molecule has 12 heavy (non-hydrogen) atoms. The highest BCUT2D eigenvalue weighted by Gasteiger charge is 2.12. The first-order chi connectivity index (χ1) is 5.66. The standard InChI is InChI=1S/C8H5BrCl2O/c9-4-7(12)8-5(10)2-1-3-6(8)11/h1-3H,4H2. The van der Waals surface area contributed by atoms with Crippen molar-refractivity contribution < 1.29 is 4.79 Å². The number of halogens is 3. The fraction of sp³-hybridized carbons (Fsp3) is 0.125. The minimum Gasteiger partial charge on any atom is -0.293 e. The lowest BCUT2D eigenvalue weighted by molar-refractivity contribution is 0.102. The Labute approximate surface area is 88.8 Å². The maximum atomic E-state index is 11.2. The monoisotopic (exact) mass is 266 g/mol. The fourth-order valence-corrected chi connectivity index (χ4v) is 1.72. The molecule has 0 aromatic heterocycles. The van der Waals surface area contributed by atoms with E-state index in [1.54, 1.807) is 18.2 Å². The molecule has 0 aliphatic carbocycles. The average molecular weight is 268 g/mol. The summed E-state index contributed by atoms with van der Waals surface area (Å²) in [6, 6.07) is 4.99. The second-order valence-corrected chi connectivity index (χ2v) is 3.53. The van der Waals surface area contributed by atoms with Crippen molar-refractivity contribution in [3.63, 3.8) is 0 Å². The van der Waals surface area contributed by atoms with Gasteiger partial charge in [-0.3, -0.25) is 4.79 Å². The SMILES string of the molecule is O=C(CBr)c1c(Cl)cccc1Cl. The summed E-state index contributed by atoms with van der Waals surface area (Å²) in [5.41, 5.74) is 0.387. The molecule has 1 nitrogen and oxygen atoms in total. The van der Waals surface area contributed by atoms with Gasteiger partial charge in [-0.15, -0.1) is 0 Å². The number of hydrogen-bond acceptors (Lipinski definition) is 1. The average Bonchev–Trinajstić information content (AvgIpc) is 2.03. The Balaban J connectivity index is 3.21. The normalized spacial score (nSPS) is 9.92. The molecule has 0 saturated heterocycles. The van der Waals surface area contributed by atoms with Crippen LogP contribution in [0.25, 0.3) is 0 Å². The molecule has 1 rings (SSSR count). The van der Waals surface area contributed by atoms with Crippen LogP contribution in [0.4, 0.5) is 0 Å². The molecule has 0 unspecified atom stereocenters. The molecular formula is C8H5BrCl2O. The number of ketones is 1. The molecule has 0 aliphatic rings. The second-order valence-electron chi connectivity index (χ2n) is 2.15. The van der Waals surface area contributed by atoms with Crippen molar-refractivity contribution in [1.29, 1.82) is 0 Å². The van der Waals surface area contributed by atoms with E-state index >= 15 is 0 Å². The lowest BCUT2D eigenvalue weighted by Crippen LogP contribution is -2.01. The lowest BCUT2D eigenvalue weighted by Gasteiger charge is -2.02. The third-order valence-electron chi connectivity index (χ3n) is 1.36. The highest BCUT2D eigenvalue weighted by atomic mass is 79.9. The number of carbonyl (C=O) groups is 1. The minimum atomic E-state index is -0.106. The van der Waals surface area contributed by atoms with E-state index in [1.807, 2.05) is 0 Å². The first-order valence-corrected chi connectivity index (χ1v) is 5.07. The summed E-state index contributed by atoms with van der Waals surface area (Å²) in [5, 5.41) is 1.02. The number of rotatable bonds is 2. The van der Waals surface area contributed by atoms with Crippen LogP contribution in [0.5, 0.6) is 0 Å². The number of Topliss-reactive ketones (excluding diaryl/α,β-unsaturated/α-hetero) is 1. The smallest absolute Gasteiger partial charge is 0.176 e. The quantitative estimate of drug-likeness (QED) is 0.591. The van der Waals surface area contributed by atoms with E-state index in [2.05, 4.69) is 15.9 Å². The maximum absolute atomic E-state index is 11.2. The molecule has 64 valence electrons. The van der Waals surface area contributed by atoms with Crippen LogP contribution < -0.4 is 0 Å². The Hall–Kier alpha value is -0.0500. The Bertz CT molecular complexity index is 292. The molecule has 1 aromatic carbocycles. The predicted molar refractivity (Wildman–Crippen MR) is 54.6 cm³/mol. The van der Waals surface area contributed by atoms with Gasteiger partial charge in [-0.1, -0.05) is 45.2 Å². The van der Waals surface area contributed by atoms with Crippen LogP contribution in [-0.4, -0.2) is 11.1 Å². The summed E-state index contributed by atoms with van der Waals surface area (Å²) in [6.45, 7) is 0. The molecule has 0 N–H and O–H groups in total. The summed E-state index contributed by atoms with van der Waals surface area (Å²) >= 11 is 14.6. The van der Waals surface area contributed by atoms with Gasteiger partial charge in [-0.05, 0) is 12.1 Å². The van der Waals surface area contributed by atoms with Crippen LogP contribution in [0.15, 0.2) is 18.2 Å². The van der Waals surface area contributed by atoms with Gasteiger partial charge >= 0.3 is 0 Å². The first kappa shape index (κ1) is 10.0. The summed E-state index contributed by atoms with van der Waals surface area (Å²) in [4.78, 5) is 11.2. The zero-order valence-corrected chi connectivity index (χ0v) is 9.08. The summed E-state index contributed by atoms with van der Waals surface area (Å²) in [5.74, 6) is -0.106. The molecule has 0 bridgehead atoms. The molecular weight excluding hydrogens is 263 g/mol. The first-order valence-electron chi connectivity index (χ1n) is 3.20. The third kappa shape index (κ3) is 2.00. The number of alkyl halides is 1. The van der Waals surface area contributed by atoms with E-state index in [0.717, 1.165) is 0 Å². The van der Waals surface area contributed by atoms with Gasteiger partial charge in [0.25, 0.3) is 0 Å². The third-order valence-corrected chi connectivity index (χ3v) is 2.50. The zero-order chi connectivity index (χ0) is 9.14. The number of carbonyl (C=O) groups excluding carboxylic acids is 1. The zero-order valence-electron chi connectivity index (χ0n) is 5.98. The summed E-state index contributed by atoms with van der Waals surface area (Å²) in [6.07, 6.45) is 0. The maximum Gasteiger partial charge on any atom is 0.176 e. The molecule has 0 fully saturated rings. The van der Waals surface area contributed by atoms with Crippen molar-refractivity contribution in [2.24, 2.45) is 0 Å². The van der Waals surface area contributed by atoms with Gasteiger partial charge in [0.1, 0.15) is 0 Å². The van der Waals surface area contributed by atoms with Gasteiger partial charge in [0.05, 0.1) is 20.9 Å². The van der Waals surface area contributed by atoms with Crippen molar-refractivity contribution in [2.75, 3.05) is 5.33 Å². The van der Waals surface area contributed by atoms with Crippen molar-refractivity contribution in [3.8, 4) is 0 Å². The molecule has 0 atom stereocenters. The van der Waals surface area contributed by atoms with Crippen LogP contribution in [-0.2, 0) is 0 Å². The van der Waals surface area contributed by atoms with Gasteiger partial charge in [0.15, 0.2) is 5.78 Å². The van der Waals surface area contributed by atoms with Crippen molar-refractivity contribution >= 4 is 44.9 Å². The molecule has 0 spiro atoms. The Kier molecular flexibility index (Phi) is 3.56. The van der Waals surface area contributed by atoms with E-state index in [1.165, 1.54) is 0 Å². The lowest BCUT2D eigenvalue weighted by atomic mass is 10.1. The number of benzene rings is 1. The van der Waals surface area contributed by atoms with E-state index in [4.69, 9.17) is 23.2 Å². The highest BCUT2D eigenvalue weighted by molar-refractivity contribution is 9.09. The Morgan fingerprint density at radius 3 is 2.25 bits per heavy atom. The van der Waals surface area contributed by atoms with E-state index in [-0.39, 0.29) is 11.1 Å². The van der Waals surface area contributed by atoms with E-state index in [0.29, 0.717) is 15.6 Å². The van der Waals surface area contributed by atoms with Gasteiger partial charge in [-0.25, -0.2) is 0 Å². The van der Waals surface area contributed by atoms with Gasteiger partial charge in [0, 0.05) is 0 Å². The molecule has 0 amide bonds. The largest absolute Gasteiger partial charge is 0.293 e. The van der Waals surface area contributed by atoms with Crippen molar-refractivity contribution in [3.05, 3.63) is 33.8 Å². The van der Waals surface area contributed by atoms with Crippen LogP contribution in [0.3, 0.4) is 0 Å². The predicted octanol–water partition coefficient (Wildman–Crippen LogP) is 3.57. The van der Waals surface area contributed by atoms with Gasteiger partial charge in [0.2, 0.25) is 0 Å². The summed E-state index contributed by atoms with van der Waals surface area (Å²) < 4.78 is 0. The van der Waals surface area contributed by atoms with Crippen LogP contribution in [0, 0.1) is 0 Å². The van der Waals surface area contributed by atoms with Crippen molar-refractivity contribution in [2.45, 2.75) is 0 Å². The van der Waals surface area contributed by atoms with Crippen LogP contribution >= 0.6 is 39.1 Å². The topological polar surface area (TPSA) is 17.1 Å². The highest BCUT2D eigenvalue weighted by Crippen LogP contribution is 2.24. The Morgan fingerprint density at radius 1 is 1.33 bits per heavy atom. The van der Waals surface area contributed by atoms with E-state index in [9.17, 15) is 4.79 Å². The number of hydrogen-bond donors (Lipinski definition) is 0. The minimum absolute atomic E-state index is 0.106. The van der Waals surface area contributed by atoms with Crippen LogP contribution in [0.1, 0.15) is 10.4 Å².